The molecule has 90 valence electrons. The van der Waals surface area contributed by atoms with Crippen LogP contribution in [0.5, 0.6) is 0 Å². The molecule has 2 unspecified atom stereocenters. The van der Waals surface area contributed by atoms with Gasteiger partial charge in [-0.15, -0.1) is 0 Å². The number of carbonyl (C=O) groups excluding carboxylic acids is 2. The van der Waals surface area contributed by atoms with Crippen molar-refractivity contribution in [1.82, 2.24) is 0 Å². The fourth-order valence-corrected chi connectivity index (χ4v) is 1.51. The summed E-state index contributed by atoms with van der Waals surface area (Å²) < 4.78 is 0. The number of rotatable bonds is 9. The van der Waals surface area contributed by atoms with Crippen molar-refractivity contribution in [1.29, 1.82) is 0 Å². The first-order valence-corrected chi connectivity index (χ1v) is 5.83. The van der Waals surface area contributed by atoms with E-state index < -0.39 is 0 Å². The third-order valence-corrected chi connectivity index (χ3v) is 2.82. The molecule has 0 fully saturated rings. The maximum Gasteiger partial charge on any atom is 0.235 e. The first kappa shape index (κ1) is 14.8. The van der Waals surface area contributed by atoms with Crippen LogP contribution >= 0.6 is 0 Å². The molecule has 0 aromatic heterocycles. The molecule has 2 atom stereocenters. The normalized spacial score (nSPS) is 13.4. The second-order valence-corrected chi connectivity index (χ2v) is 4.11. The molecule has 0 saturated carbocycles. The summed E-state index contributed by atoms with van der Waals surface area (Å²) in [5.74, 6) is 0.425. The van der Waals surface area contributed by atoms with Crippen molar-refractivity contribution in [2.45, 2.75) is 52.0 Å². The summed E-state index contributed by atoms with van der Waals surface area (Å²) in [4.78, 5) is 27.0. The predicted octanol–water partition coefficient (Wildman–Crippen LogP) is 2.63. The lowest BCUT2D eigenvalue weighted by Crippen LogP contribution is -2.11. The van der Waals surface area contributed by atoms with Gasteiger partial charge in [0.2, 0.25) is 12.2 Å². The third kappa shape index (κ3) is 8.10. The number of aliphatic imine (C=N–C) groups is 2. The second-order valence-electron chi connectivity index (χ2n) is 4.11. The number of nitrogens with zero attached hydrogens (tertiary/aromatic N) is 2. The van der Waals surface area contributed by atoms with Crippen LogP contribution in [0.3, 0.4) is 0 Å². The van der Waals surface area contributed by atoms with E-state index in [2.05, 4.69) is 16.9 Å². The first-order chi connectivity index (χ1) is 7.72. The molecule has 16 heavy (non-hydrogen) atoms. The molecular weight excluding hydrogens is 204 g/mol. The van der Waals surface area contributed by atoms with E-state index in [4.69, 9.17) is 0 Å². The van der Waals surface area contributed by atoms with Crippen molar-refractivity contribution in [3.8, 4) is 0 Å². The number of isocyanates is 2. The molecule has 0 aliphatic heterocycles. The fourth-order valence-electron chi connectivity index (χ4n) is 1.51. The van der Waals surface area contributed by atoms with Crippen LogP contribution in [0.15, 0.2) is 9.98 Å². The van der Waals surface area contributed by atoms with Crippen molar-refractivity contribution in [3.63, 3.8) is 0 Å². The summed E-state index contributed by atoms with van der Waals surface area (Å²) in [6.45, 7) is 4.63. The molecule has 0 radical (unpaired) electrons. The average Bonchev–Trinajstić information content (AvgIpc) is 2.28. The number of unbranched alkanes of at least 4 members (excludes halogenated alkanes) is 3. The minimum atomic E-state index is 0.0668. The van der Waals surface area contributed by atoms with Gasteiger partial charge < -0.3 is 0 Å². The zero-order chi connectivity index (χ0) is 12.2. The summed E-state index contributed by atoms with van der Waals surface area (Å²) in [5, 5.41) is 0. The molecule has 4 heteroatoms. The molecule has 0 saturated heterocycles. The Labute approximate surface area is 96.9 Å². The summed E-state index contributed by atoms with van der Waals surface area (Å²) >= 11 is 0. The molecule has 0 aliphatic carbocycles. The molecule has 0 aromatic carbocycles. The molecule has 0 spiro atoms. The Balaban J connectivity index is 3.43. The molecule has 0 rings (SSSR count). The first-order valence-electron chi connectivity index (χ1n) is 5.83. The maximum absolute atomic E-state index is 10.1. The highest BCUT2D eigenvalue weighted by molar-refractivity contribution is 5.33. The van der Waals surface area contributed by atoms with Gasteiger partial charge in [0.15, 0.2) is 0 Å². The Kier molecular flexibility index (Phi) is 9.49. The highest BCUT2D eigenvalue weighted by Gasteiger charge is 2.09. The van der Waals surface area contributed by atoms with Gasteiger partial charge in [-0.05, 0) is 25.7 Å². The van der Waals surface area contributed by atoms with Gasteiger partial charge in [-0.3, -0.25) is 0 Å². The van der Waals surface area contributed by atoms with Crippen LogP contribution in [0.4, 0.5) is 0 Å². The zero-order valence-corrected chi connectivity index (χ0v) is 10.1. The third-order valence-electron chi connectivity index (χ3n) is 2.82. The van der Waals surface area contributed by atoms with Crippen molar-refractivity contribution < 1.29 is 9.59 Å². The van der Waals surface area contributed by atoms with Crippen LogP contribution in [-0.4, -0.2) is 24.7 Å². The van der Waals surface area contributed by atoms with E-state index in [1.165, 1.54) is 6.08 Å². The van der Waals surface area contributed by atoms with Gasteiger partial charge in [0.05, 0.1) is 12.6 Å². The molecular formula is C12H20N2O2. The molecule has 0 amide bonds. The van der Waals surface area contributed by atoms with Gasteiger partial charge in [-0.1, -0.05) is 26.2 Å². The Morgan fingerprint density at radius 3 is 2.31 bits per heavy atom. The lowest BCUT2D eigenvalue weighted by molar-refractivity contribution is 0.424. The monoisotopic (exact) mass is 224 g/mol. The molecule has 0 heterocycles. The average molecular weight is 224 g/mol. The summed E-state index contributed by atoms with van der Waals surface area (Å²) in [7, 11) is 0. The van der Waals surface area contributed by atoms with E-state index in [9.17, 15) is 9.59 Å². The van der Waals surface area contributed by atoms with E-state index in [1.54, 1.807) is 6.08 Å². The smallest absolute Gasteiger partial charge is 0.211 e. The summed E-state index contributed by atoms with van der Waals surface area (Å²) in [6, 6.07) is 0.0668. The minimum absolute atomic E-state index is 0.0668. The molecule has 0 aliphatic rings. The van der Waals surface area contributed by atoms with E-state index in [0.29, 0.717) is 12.5 Å². The van der Waals surface area contributed by atoms with Gasteiger partial charge >= 0.3 is 0 Å². The Bertz CT molecular complexity index is 266. The van der Waals surface area contributed by atoms with Crippen LogP contribution in [-0.2, 0) is 9.59 Å². The standard InChI is InChI=1S/C12H20N2O2/c1-11(12(2)14-10-16)7-5-3-4-6-8-13-9-15/h11-12H,3-8H2,1-2H3. The van der Waals surface area contributed by atoms with Crippen LogP contribution in [0.25, 0.3) is 0 Å². The van der Waals surface area contributed by atoms with Gasteiger partial charge in [0.25, 0.3) is 0 Å². The maximum atomic E-state index is 10.1. The number of hydrogen-bond acceptors (Lipinski definition) is 4. The minimum Gasteiger partial charge on any atom is -0.211 e. The van der Waals surface area contributed by atoms with E-state index in [-0.39, 0.29) is 6.04 Å². The van der Waals surface area contributed by atoms with Crippen molar-refractivity contribution >= 4 is 12.2 Å². The van der Waals surface area contributed by atoms with Crippen LogP contribution in [0, 0.1) is 5.92 Å². The summed E-state index contributed by atoms with van der Waals surface area (Å²) in [5.41, 5.74) is 0. The van der Waals surface area contributed by atoms with E-state index in [1.807, 2.05) is 6.92 Å². The van der Waals surface area contributed by atoms with Gasteiger partial charge in [-0.25, -0.2) is 19.6 Å². The van der Waals surface area contributed by atoms with Gasteiger partial charge in [0, 0.05) is 0 Å². The Morgan fingerprint density at radius 1 is 1.00 bits per heavy atom. The van der Waals surface area contributed by atoms with Crippen molar-refractivity contribution in [2.24, 2.45) is 15.9 Å². The van der Waals surface area contributed by atoms with Crippen molar-refractivity contribution in [3.05, 3.63) is 0 Å². The predicted molar refractivity (Wildman–Crippen MR) is 62.8 cm³/mol. The number of hydrogen-bond donors (Lipinski definition) is 0. The van der Waals surface area contributed by atoms with E-state index in [0.717, 1.165) is 32.1 Å². The Hall–Kier alpha value is -1.24. The van der Waals surface area contributed by atoms with Gasteiger partial charge in [-0.2, -0.15) is 0 Å². The Morgan fingerprint density at radius 2 is 1.69 bits per heavy atom. The molecule has 0 aromatic rings. The largest absolute Gasteiger partial charge is 0.235 e. The highest BCUT2D eigenvalue weighted by Crippen LogP contribution is 2.15. The van der Waals surface area contributed by atoms with Crippen LogP contribution in [0.1, 0.15) is 46.0 Å². The lowest BCUT2D eigenvalue weighted by Gasteiger charge is -2.13. The van der Waals surface area contributed by atoms with Crippen LogP contribution in [0.2, 0.25) is 0 Å². The molecule has 0 bridgehead atoms. The second kappa shape index (κ2) is 10.3. The quantitative estimate of drug-likeness (QED) is 0.343. The lowest BCUT2D eigenvalue weighted by atomic mass is 9.96. The molecule has 0 N–H and O–H groups in total. The highest BCUT2D eigenvalue weighted by atomic mass is 16.1. The SMILES string of the molecule is CC(CCCCCCN=C=O)C(C)N=C=O. The van der Waals surface area contributed by atoms with Crippen molar-refractivity contribution in [2.75, 3.05) is 6.54 Å². The van der Waals surface area contributed by atoms with Gasteiger partial charge in [0.1, 0.15) is 0 Å². The van der Waals surface area contributed by atoms with Crippen LogP contribution < -0.4 is 0 Å². The topological polar surface area (TPSA) is 58.9 Å². The molecule has 4 nitrogen and oxygen atoms in total. The fraction of sp³-hybridized carbons (Fsp3) is 0.833. The van der Waals surface area contributed by atoms with E-state index >= 15 is 0 Å². The zero-order valence-electron chi connectivity index (χ0n) is 10.1. The summed E-state index contributed by atoms with van der Waals surface area (Å²) in [6.07, 6.45) is 8.51.